The maximum atomic E-state index is 5.72. The molecule has 1 aromatic carbocycles. The van der Waals surface area contributed by atoms with Gasteiger partial charge in [0.15, 0.2) is 0 Å². The van der Waals surface area contributed by atoms with Gasteiger partial charge in [0, 0.05) is 5.54 Å². The van der Waals surface area contributed by atoms with E-state index in [2.05, 4.69) is 37.3 Å². The lowest BCUT2D eigenvalue weighted by Crippen LogP contribution is -2.17. The van der Waals surface area contributed by atoms with Gasteiger partial charge in [-0.3, -0.25) is 0 Å². The van der Waals surface area contributed by atoms with Gasteiger partial charge in [0.1, 0.15) is 0 Å². The Hall–Kier alpha value is -0.750. The van der Waals surface area contributed by atoms with Crippen molar-refractivity contribution in [1.29, 1.82) is 0 Å². The molecule has 25 heavy (non-hydrogen) atoms. The van der Waals surface area contributed by atoms with Gasteiger partial charge in [0.2, 0.25) is 0 Å². The third-order valence-electron chi connectivity index (χ3n) is 6.93. The summed E-state index contributed by atoms with van der Waals surface area (Å²) in [6.45, 7) is 2.24. The largest absolute Gasteiger partial charge is 0.0933 e. The lowest BCUT2D eigenvalue weighted by Gasteiger charge is -2.31. The highest BCUT2D eigenvalue weighted by Crippen LogP contribution is 2.40. The molecule has 0 aliphatic heterocycles. The molecular formula is C24H35Cl. The van der Waals surface area contributed by atoms with Gasteiger partial charge in [-0.2, -0.15) is 0 Å². The van der Waals surface area contributed by atoms with Crippen molar-refractivity contribution in [2.45, 2.75) is 83.5 Å². The van der Waals surface area contributed by atoms with E-state index in [0.29, 0.717) is 0 Å². The summed E-state index contributed by atoms with van der Waals surface area (Å²) in [6, 6.07) is 9.43. The molecule has 0 unspecified atom stereocenters. The Balaban J connectivity index is 1.36. The van der Waals surface area contributed by atoms with Crippen LogP contribution < -0.4 is 0 Å². The van der Waals surface area contributed by atoms with E-state index in [9.17, 15) is 0 Å². The molecule has 0 amide bonds. The van der Waals surface area contributed by atoms with Crippen LogP contribution in [-0.4, -0.2) is 0 Å². The van der Waals surface area contributed by atoms with Crippen molar-refractivity contribution in [2.24, 2.45) is 17.8 Å². The Morgan fingerprint density at radius 2 is 1.40 bits per heavy atom. The van der Waals surface area contributed by atoms with Crippen LogP contribution in [0.3, 0.4) is 0 Å². The lowest BCUT2D eigenvalue weighted by atomic mass is 9.74. The molecule has 0 heterocycles. The first-order valence-electron chi connectivity index (χ1n) is 10.6. The van der Waals surface area contributed by atoms with Crippen LogP contribution in [0.25, 0.3) is 0 Å². The van der Waals surface area contributed by atoms with Crippen LogP contribution in [0.5, 0.6) is 0 Å². The zero-order valence-corrected chi connectivity index (χ0v) is 16.7. The zero-order valence-electron chi connectivity index (χ0n) is 15.9. The molecule has 2 saturated carbocycles. The van der Waals surface area contributed by atoms with Crippen molar-refractivity contribution in [3.63, 3.8) is 0 Å². The van der Waals surface area contributed by atoms with E-state index in [-0.39, 0.29) is 0 Å². The van der Waals surface area contributed by atoms with Crippen molar-refractivity contribution < 1.29 is 0 Å². The molecule has 1 aromatic rings. The Morgan fingerprint density at radius 1 is 0.840 bits per heavy atom. The first-order valence-corrected chi connectivity index (χ1v) is 11.1. The first-order chi connectivity index (χ1) is 12.3. The Kier molecular flexibility index (Phi) is 7.47. The molecule has 0 saturated heterocycles. The van der Waals surface area contributed by atoms with Crippen LogP contribution in [0.15, 0.2) is 35.9 Å². The summed E-state index contributed by atoms with van der Waals surface area (Å²) in [5.41, 5.74) is 4.77. The van der Waals surface area contributed by atoms with E-state index in [1.165, 1.54) is 69.8 Å². The van der Waals surface area contributed by atoms with Crippen LogP contribution in [0.4, 0.5) is 0 Å². The van der Waals surface area contributed by atoms with Crippen molar-refractivity contribution >= 4 is 11.6 Å². The topological polar surface area (TPSA) is 0 Å². The summed E-state index contributed by atoms with van der Waals surface area (Å²) in [5.74, 6) is 3.55. The summed E-state index contributed by atoms with van der Waals surface area (Å²) >= 11 is 5.72. The second-order valence-electron chi connectivity index (χ2n) is 8.49. The number of hydrogen-bond donors (Lipinski definition) is 0. The van der Waals surface area contributed by atoms with Gasteiger partial charge < -0.3 is 0 Å². The van der Waals surface area contributed by atoms with Gasteiger partial charge in [0.25, 0.3) is 0 Å². The minimum absolute atomic E-state index is 0.753. The molecule has 0 atom stereocenters. The van der Waals surface area contributed by atoms with E-state index >= 15 is 0 Å². The minimum atomic E-state index is 0.753. The monoisotopic (exact) mass is 358 g/mol. The third kappa shape index (κ3) is 5.61. The Labute approximate surface area is 160 Å². The first kappa shape index (κ1) is 19.0. The van der Waals surface area contributed by atoms with E-state index in [4.69, 9.17) is 11.6 Å². The Morgan fingerprint density at radius 3 is 1.92 bits per heavy atom. The zero-order chi connectivity index (χ0) is 17.5. The number of benzene rings is 1. The average Bonchev–Trinajstić information content (AvgIpc) is 2.68. The van der Waals surface area contributed by atoms with Gasteiger partial charge in [-0.25, -0.2) is 0 Å². The molecular weight excluding hydrogens is 324 g/mol. The van der Waals surface area contributed by atoms with Crippen molar-refractivity contribution in [3.05, 3.63) is 47.0 Å². The molecule has 138 valence electrons. The molecule has 0 N–H and O–H groups in total. The van der Waals surface area contributed by atoms with Gasteiger partial charge in [-0.15, -0.1) is 0 Å². The van der Waals surface area contributed by atoms with Crippen LogP contribution in [-0.2, 0) is 6.42 Å². The molecule has 0 spiro atoms. The summed E-state index contributed by atoms with van der Waals surface area (Å²) in [6.07, 6.45) is 17.6. The molecule has 0 radical (unpaired) electrons. The van der Waals surface area contributed by atoms with Gasteiger partial charge in [-0.1, -0.05) is 61.7 Å². The van der Waals surface area contributed by atoms with Crippen molar-refractivity contribution in [2.75, 3.05) is 0 Å². The molecule has 0 aromatic heterocycles. The average molecular weight is 359 g/mol. The molecule has 2 aliphatic carbocycles. The molecule has 1 heteroatoms. The van der Waals surface area contributed by atoms with Gasteiger partial charge in [-0.05, 0) is 92.6 Å². The number of allylic oxidation sites excluding steroid dienone is 1. The second-order valence-corrected chi connectivity index (χ2v) is 8.74. The number of rotatable bonds is 6. The van der Waals surface area contributed by atoms with E-state index in [0.717, 1.165) is 30.1 Å². The predicted molar refractivity (Wildman–Crippen MR) is 110 cm³/mol. The molecule has 3 rings (SSSR count). The SMILES string of the molecule is CCc1ccc(C2CCC(CC[C@H]3CC[C@H](/C=C/Cl)CC3)CC2)cc1. The second kappa shape index (κ2) is 9.81. The summed E-state index contributed by atoms with van der Waals surface area (Å²) in [5, 5.41) is 0. The fraction of sp³-hybridized carbons (Fsp3) is 0.667. The lowest BCUT2D eigenvalue weighted by molar-refractivity contribution is 0.246. The van der Waals surface area contributed by atoms with Crippen LogP contribution >= 0.6 is 11.6 Å². The Bertz CT molecular complexity index is 514. The quantitative estimate of drug-likeness (QED) is 0.485. The summed E-state index contributed by atoms with van der Waals surface area (Å²) in [7, 11) is 0. The fourth-order valence-corrected chi connectivity index (χ4v) is 5.26. The van der Waals surface area contributed by atoms with Gasteiger partial charge >= 0.3 is 0 Å². The highest BCUT2D eigenvalue weighted by molar-refractivity contribution is 6.25. The highest BCUT2D eigenvalue weighted by atomic mass is 35.5. The minimum Gasteiger partial charge on any atom is -0.0933 e. The molecule has 2 aliphatic rings. The van der Waals surface area contributed by atoms with Crippen LogP contribution in [0, 0.1) is 17.8 Å². The predicted octanol–water partition coefficient (Wildman–Crippen LogP) is 7.86. The van der Waals surface area contributed by atoms with Crippen LogP contribution in [0.2, 0.25) is 0 Å². The van der Waals surface area contributed by atoms with E-state index in [1.807, 2.05) is 0 Å². The van der Waals surface area contributed by atoms with Crippen molar-refractivity contribution in [1.82, 2.24) is 0 Å². The van der Waals surface area contributed by atoms with Crippen molar-refractivity contribution in [3.8, 4) is 0 Å². The smallest absolute Gasteiger partial charge is 0.000525 e. The van der Waals surface area contributed by atoms with Gasteiger partial charge in [0.05, 0.1) is 0 Å². The molecule has 0 bridgehead atoms. The number of aryl methyl sites for hydroxylation is 1. The third-order valence-corrected chi connectivity index (χ3v) is 7.07. The standard InChI is InChI=1S/C24H35Cl/c1-2-19-9-13-23(14-10-19)24-15-11-21(12-16-24)4-3-20-5-7-22(8-6-20)17-18-25/h9-10,13-14,17-18,20-22,24H,2-8,11-12,15-16H2,1H3/b18-17+/t20-,21?,22-,24?. The summed E-state index contributed by atoms with van der Waals surface area (Å²) in [4.78, 5) is 0. The van der Waals surface area contributed by atoms with E-state index < -0.39 is 0 Å². The van der Waals surface area contributed by atoms with Crippen LogP contribution in [0.1, 0.15) is 88.2 Å². The highest BCUT2D eigenvalue weighted by Gasteiger charge is 2.24. The summed E-state index contributed by atoms with van der Waals surface area (Å²) < 4.78 is 0. The molecule has 0 nitrogen and oxygen atoms in total. The maximum Gasteiger partial charge on any atom is 0.000525 e. The number of halogens is 1. The van der Waals surface area contributed by atoms with E-state index in [1.54, 1.807) is 11.1 Å². The number of hydrogen-bond acceptors (Lipinski definition) is 0. The normalized spacial score (nSPS) is 30.6. The molecule has 2 fully saturated rings. The maximum absolute atomic E-state index is 5.72. The fourth-order valence-electron chi connectivity index (χ4n) is 5.05.